The van der Waals surface area contributed by atoms with Gasteiger partial charge in [-0.25, -0.2) is 0 Å². The van der Waals surface area contributed by atoms with Gasteiger partial charge in [0.05, 0.1) is 12.7 Å². The van der Waals surface area contributed by atoms with Crippen LogP contribution in [-0.2, 0) is 19.0 Å². The van der Waals surface area contributed by atoms with Crippen LogP contribution in [0.2, 0.25) is 0 Å². The van der Waals surface area contributed by atoms with Gasteiger partial charge in [0.25, 0.3) is 0 Å². The summed E-state index contributed by atoms with van der Waals surface area (Å²) >= 11 is 0. The zero-order chi connectivity index (χ0) is 12.9. The molecule has 0 heterocycles. The standard InChI is InChI=1S/C12H25NO4/c1-4-7-16-10-12(14)13-6-9-17-11(2)5-8-15-3/h11H,4-10H2,1-3H3,(H,13,14). The Kier molecular flexibility index (Phi) is 11.4. The van der Waals surface area contributed by atoms with E-state index in [0.29, 0.717) is 26.4 Å². The summed E-state index contributed by atoms with van der Waals surface area (Å²) in [6.45, 7) is 6.48. The molecule has 5 heteroatoms. The fourth-order valence-corrected chi connectivity index (χ4v) is 1.18. The van der Waals surface area contributed by atoms with Crippen molar-refractivity contribution in [3.8, 4) is 0 Å². The van der Waals surface area contributed by atoms with E-state index in [1.54, 1.807) is 7.11 Å². The SMILES string of the molecule is CCCOCC(=O)NCCOC(C)CCOC. The van der Waals surface area contributed by atoms with Crippen LogP contribution in [0.15, 0.2) is 0 Å². The molecule has 0 bridgehead atoms. The molecular weight excluding hydrogens is 222 g/mol. The van der Waals surface area contributed by atoms with Gasteiger partial charge in [-0.05, 0) is 19.8 Å². The lowest BCUT2D eigenvalue weighted by molar-refractivity contribution is -0.126. The highest BCUT2D eigenvalue weighted by atomic mass is 16.5. The van der Waals surface area contributed by atoms with E-state index in [2.05, 4.69) is 5.32 Å². The van der Waals surface area contributed by atoms with Gasteiger partial charge < -0.3 is 19.5 Å². The van der Waals surface area contributed by atoms with Crippen LogP contribution in [0, 0.1) is 0 Å². The van der Waals surface area contributed by atoms with E-state index in [4.69, 9.17) is 14.2 Å². The molecule has 0 aromatic heterocycles. The maximum Gasteiger partial charge on any atom is 0.246 e. The lowest BCUT2D eigenvalue weighted by Gasteiger charge is -2.12. The monoisotopic (exact) mass is 247 g/mol. The Morgan fingerprint density at radius 1 is 1.29 bits per heavy atom. The van der Waals surface area contributed by atoms with Gasteiger partial charge in [-0.1, -0.05) is 6.92 Å². The number of carbonyl (C=O) groups excluding carboxylic acids is 1. The topological polar surface area (TPSA) is 56.8 Å². The highest BCUT2D eigenvalue weighted by molar-refractivity contribution is 5.77. The number of methoxy groups -OCH3 is 1. The van der Waals surface area contributed by atoms with E-state index in [1.807, 2.05) is 13.8 Å². The summed E-state index contributed by atoms with van der Waals surface area (Å²) in [6.07, 6.45) is 1.94. The van der Waals surface area contributed by atoms with Crippen LogP contribution >= 0.6 is 0 Å². The summed E-state index contributed by atoms with van der Waals surface area (Å²) in [6, 6.07) is 0. The van der Waals surface area contributed by atoms with Crippen molar-refractivity contribution < 1.29 is 19.0 Å². The van der Waals surface area contributed by atoms with Crippen LogP contribution in [0.3, 0.4) is 0 Å². The van der Waals surface area contributed by atoms with Gasteiger partial charge in [-0.15, -0.1) is 0 Å². The van der Waals surface area contributed by atoms with Crippen molar-refractivity contribution in [2.45, 2.75) is 32.8 Å². The first-order valence-corrected chi connectivity index (χ1v) is 6.15. The molecule has 1 N–H and O–H groups in total. The van der Waals surface area contributed by atoms with Crippen molar-refractivity contribution in [1.82, 2.24) is 5.32 Å². The molecule has 102 valence electrons. The third-order valence-electron chi connectivity index (χ3n) is 2.14. The van der Waals surface area contributed by atoms with Crippen molar-refractivity contribution in [3.05, 3.63) is 0 Å². The van der Waals surface area contributed by atoms with Gasteiger partial charge in [0.1, 0.15) is 6.61 Å². The molecule has 0 aliphatic rings. The summed E-state index contributed by atoms with van der Waals surface area (Å²) in [5, 5.41) is 2.73. The molecule has 1 atom stereocenters. The van der Waals surface area contributed by atoms with Crippen molar-refractivity contribution in [2.75, 3.05) is 40.1 Å². The summed E-state index contributed by atoms with van der Waals surface area (Å²) < 4.78 is 15.5. The fourth-order valence-electron chi connectivity index (χ4n) is 1.18. The van der Waals surface area contributed by atoms with Crippen molar-refractivity contribution in [3.63, 3.8) is 0 Å². The molecule has 0 aromatic rings. The number of amides is 1. The van der Waals surface area contributed by atoms with Gasteiger partial charge in [0.15, 0.2) is 0 Å². The zero-order valence-electron chi connectivity index (χ0n) is 11.2. The molecule has 0 spiro atoms. The van der Waals surface area contributed by atoms with E-state index in [1.165, 1.54) is 0 Å². The Bertz CT molecular complexity index is 187. The number of carbonyl (C=O) groups is 1. The van der Waals surface area contributed by atoms with Gasteiger partial charge >= 0.3 is 0 Å². The van der Waals surface area contributed by atoms with Gasteiger partial charge in [-0.3, -0.25) is 4.79 Å². The molecule has 0 saturated carbocycles. The van der Waals surface area contributed by atoms with Gasteiger partial charge in [0, 0.05) is 26.9 Å². The van der Waals surface area contributed by atoms with Crippen LogP contribution in [-0.4, -0.2) is 52.1 Å². The predicted molar refractivity (Wildman–Crippen MR) is 66.0 cm³/mol. The van der Waals surface area contributed by atoms with Crippen molar-refractivity contribution >= 4 is 5.91 Å². The zero-order valence-corrected chi connectivity index (χ0v) is 11.2. The molecule has 1 amide bonds. The lowest BCUT2D eigenvalue weighted by Crippen LogP contribution is -2.31. The van der Waals surface area contributed by atoms with Crippen LogP contribution in [0.25, 0.3) is 0 Å². The highest BCUT2D eigenvalue weighted by Gasteiger charge is 2.03. The molecule has 0 fully saturated rings. The highest BCUT2D eigenvalue weighted by Crippen LogP contribution is 1.96. The first-order valence-electron chi connectivity index (χ1n) is 6.15. The van der Waals surface area contributed by atoms with E-state index in [-0.39, 0.29) is 18.6 Å². The second-order valence-corrected chi connectivity index (χ2v) is 3.87. The van der Waals surface area contributed by atoms with Crippen LogP contribution in [0.1, 0.15) is 26.7 Å². The Balaban J connectivity index is 3.29. The van der Waals surface area contributed by atoms with Crippen molar-refractivity contribution in [1.29, 1.82) is 0 Å². The minimum atomic E-state index is -0.0911. The Morgan fingerprint density at radius 3 is 2.71 bits per heavy atom. The van der Waals surface area contributed by atoms with E-state index in [0.717, 1.165) is 12.8 Å². The maximum atomic E-state index is 11.2. The Hall–Kier alpha value is -0.650. The molecule has 0 rings (SSSR count). The summed E-state index contributed by atoms with van der Waals surface area (Å²) in [5.41, 5.74) is 0. The minimum absolute atomic E-state index is 0.0911. The Labute approximate surface area is 104 Å². The van der Waals surface area contributed by atoms with E-state index >= 15 is 0 Å². The number of hydrogen-bond donors (Lipinski definition) is 1. The second kappa shape index (κ2) is 11.8. The molecule has 0 aromatic carbocycles. The van der Waals surface area contributed by atoms with Gasteiger partial charge in [0.2, 0.25) is 5.91 Å². The molecule has 5 nitrogen and oxygen atoms in total. The van der Waals surface area contributed by atoms with E-state index < -0.39 is 0 Å². The molecule has 0 radical (unpaired) electrons. The molecule has 0 aliphatic heterocycles. The summed E-state index contributed by atoms with van der Waals surface area (Å²) in [7, 11) is 1.67. The fraction of sp³-hybridized carbons (Fsp3) is 0.917. The Morgan fingerprint density at radius 2 is 2.06 bits per heavy atom. The first-order chi connectivity index (χ1) is 8.20. The van der Waals surface area contributed by atoms with E-state index in [9.17, 15) is 4.79 Å². The number of nitrogens with one attached hydrogen (secondary N) is 1. The molecule has 0 saturated heterocycles. The quantitative estimate of drug-likeness (QED) is 0.553. The summed E-state index contributed by atoms with van der Waals surface area (Å²) in [5.74, 6) is -0.0911. The average molecular weight is 247 g/mol. The first kappa shape index (κ1) is 16.4. The third-order valence-corrected chi connectivity index (χ3v) is 2.14. The largest absolute Gasteiger partial charge is 0.385 e. The van der Waals surface area contributed by atoms with Crippen molar-refractivity contribution in [2.24, 2.45) is 0 Å². The average Bonchev–Trinajstić information content (AvgIpc) is 2.32. The molecule has 1 unspecified atom stereocenters. The van der Waals surface area contributed by atoms with Crippen LogP contribution < -0.4 is 5.32 Å². The molecule has 17 heavy (non-hydrogen) atoms. The number of rotatable bonds is 11. The minimum Gasteiger partial charge on any atom is -0.385 e. The molecule has 0 aliphatic carbocycles. The maximum absolute atomic E-state index is 11.2. The van der Waals surface area contributed by atoms with Gasteiger partial charge in [-0.2, -0.15) is 0 Å². The van der Waals surface area contributed by atoms with Crippen LogP contribution in [0.5, 0.6) is 0 Å². The second-order valence-electron chi connectivity index (χ2n) is 3.87. The molecular formula is C12H25NO4. The summed E-state index contributed by atoms with van der Waals surface area (Å²) in [4.78, 5) is 11.2. The smallest absolute Gasteiger partial charge is 0.246 e. The third kappa shape index (κ3) is 11.6. The lowest BCUT2D eigenvalue weighted by atomic mass is 10.3. The number of ether oxygens (including phenoxy) is 3. The normalized spacial score (nSPS) is 12.4. The predicted octanol–water partition coefficient (Wildman–Crippen LogP) is 0.971. The van der Waals surface area contributed by atoms with Crippen LogP contribution in [0.4, 0.5) is 0 Å². The number of hydrogen-bond acceptors (Lipinski definition) is 4.